The maximum absolute atomic E-state index is 11.4. The maximum atomic E-state index is 11.4. The predicted molar refractivity (Wildman–Crippen MR) is 59.5 cm³/mol. The molecule has 2 heterocycles. The van der Waals surface area contributed by atoms with Gasteiger partial charge in [0.1, 0.15) is 0 Å². The Balaban J connectivity index is 2.01. The number of anilines is 1. The molecule has 0 aliphatic carbocycles. The Kier molecular flexibility index (Phi) is 2.90. The molecule has 1 aromatic rings. The second kappa shape index (κ2) is 4.18. The van der Waals surface area contributed by atoms with Gasteiger partial charge in [-0.1, -0.05) is 0 Å². The number of hydrogen-bond acceptors (Lipinski definition) is 4. The number of rotatable bonds is 2. The van der Waals surface area contributed by atoms with Crippen molar-refractivity contribution in [1.29, 1.82) is 0 Å². The van der Waals surface area contributed by atoms with Crippen LogP contribution in [-0.4, -0.2) is 30.9 Å². The van der Waals surface area contributed by atoms with Crippen molar-refractivity contribution < 1.29 is 8.42 Å². The van der Waals surface area contributed by atoms with E-state index in [-0.39, 0.29) is 11.8 Å². The number of aromatic nitrogens is 1. The summed E-state index contributed by atoms with van der Waals surface area (Å²) in [5.74, 6) is 0.570. The molecule has 0 saturated carbocycles. The van der Waals surface area contributed by atoms with Crippen LogP contribution in [0.1, 0.15) is 12.8 Å². The lowest BCUT2D eigenvalue weighted by molar-refractivity contribution is 0.562. The van der Waals surface area contributed by atoms with Gasteiger partial charge in [0.2, 0.25) is 0 Å². The molecule has 1 fully saturated rings. The van der Waals surface area contributed by atoms with Gasteiger partial charge >= 0.3 is 0 Å². The molecule has 1 atom stereocenters. The van der Waals surface area contributed by atoms with E-state index in [1.165, 1.54) is 0 Å². The van der Waals surface area contributed by atoms with Gasteiger partial charge in [0.15, 0.2) is 9.84 Å². The highest BCUT2D eigenvalue weighted by Crippen LogP contribution is 2.16. The lowest BCUT2D eigenvalue weighted by atomic mass is 10.2. The fourth-order valence-electron chi connectivity index (χ4n) is 1.82. The van der Waals surface area contributed by atoms with Gasteiger partial charge < -0.3 is 5.32 Å². The first-order chi connectivity index (χ1) is 7.16. The highest BCUT2D eigenvalue weighted by atomic mass is 32.2. The summed E-state index contributed by atoms with van der Waals surface area (Å²) in [4.78, 5) is 3.97. The van der Waals surface area contributed by atoms with Crippen LogP contribution in [0.3, 0.4) is 0 Å². The van der Waals surface area contributed by atoms with Crippen LogP contribution in [0.15, 0.2) is 24.5 Å². The van der Waals surface area contributed by atoms with E-state index in [2.05, 4.69) is 10.3 Å². The summed E-state index contributed by atoms with van der Waals surface area (Å²) in [5.41, 5.74) is 0.889. The largest absolute Gasteiger partial charge is 0.380 e. The summed E-state index contributed by atoms with van der Waals surface area (Å²) in [5, 5.41) is 3.19. The highest BCUT2D eigenvalue weighted by Gasteiger charge is 2.24. The minimum Gasteiger partial charge on any atom is -0.380 e. The van der Waals surface area contributed by atoms with E-state index in [1.807, 2.05) is 12.1 Å². The van der Waals surface area contributed by atoms with Gasteiger partial charge in [0.25, 0.3) is 0 Å². The third kappa shape index (κ3) is 2.92. The molecule has 1 aromatic heterocycles. The van der Waals surface area contributed by atoms with Crippen molar-refractivity contribution in [3.05, 3.63) is 24.5 Å². The Hall–Kier alpha value is -1.10. The number of nitrogens with one attached hydrogen (secondary N) is 1. The Morgan fingerprint density at radius 1 is 1.47 bits per heavy atom. The molecule has 82 valence electrons. The first-order valence-electron chi connectivity index (χ1n) is 5.03. The smallest absolute Gasteiger partial charge is 0.152 e. The van der Waals surface area contributed by atoms with E-state index in [0.29, 0.717) is 5.75 Å². The maximum Gasteiger partial charge on any atom is 0.152 e. The van der Waals surface area contributed by atoms with Gasteiger partial charge in [0, 0.05) is 18.4 Å². The van der Waals surface area contributed by atoms with E-state index < -0.39 is 9.84 Å². The molecule has 0 radical (unpaired) electrons. The van der Waals surface area contributed by atoms with Crippen LogP contribution in [-0.2, 0) is 9.84 Å². The van der Waals surface area contributed by atoms with E-state index in [1.54, 1.807) is 12.4 Å². The predicted octanol–water partition coefficient (Wildman–Crippen LogP) is 1.07. The molecule has 0 bridgehead atoms. The van der Waals surface area contributed by atoms with Crippen LogP contribution < -0.4 is 5.32 Å². The first kappa shape index (κ1) is 10.4. The minimum atomic E-state index is -2.83. The van der Waals surface area contributed by atoms with Crippen LogP contribution in [0, 0.1) is 0 Å². The summed E-state index contributed by atoms with van der Waals surface area (Å²) >= 11 is 0. The van der Waals surface area contributed by atoms with Crippen molar-refractivity contribution in [2.24, 2.45) is 0 Å². The molecule has 5 heteroatoms. The van der Waals surface area contributed by atoms with E-state index in [0.717, 1.165) is 18.5 Å². The Morgan fingerprint density at radius 3 is 3.00 bits per heavy atom. The number of hydrogen-bond donors (Lipinski definition) is 1. The summed E-state index contributed by atoms with van der Waals surface area (Å²) in [6.07, 6.45) is 5.07. The van der Waals surface area contributed by atoms with Crippen molar-refractivity contribution in [2.75, 3.05) is 16.8 Å². The molecule has 15 heavy (non-hydrogen) atoms. The third-order valence-electron chi connectivity index (χ3n) is 2.50. The highest BCUT2D eigenvalue weighted by molar-refractivity contribution is 7.91. The van der Waals surface area contributed by atoms with Crippen molar-refractivity contribution in [1.82, 2.24) is 4.98 Å². The first-order valence-corrected chi connectivity index (χ1v) is 6.85. The monoisotopic (exact) mass is 226 g/mol. The second-order valence-electron chi connectivity index (χ2n) is 3.84. The van der Waals surface area contributed by atoms with Crippen LogP contribution in [0.5, 0.6) is 0 Å². The molecular weight excluding hydrogens is 212 g/mol. The van der Waals surface area contributed by atoms with Crippen LogP contribution >= 0.6 is 0 Å². The standard InChI is InChI=1S/C10H14N2O2S/c13-15(14)6-2-4-10(8-15)12-9-3-1-5-11-7-9/h1,3,5,7,10,12H,2,4,6,8H2. The Morgan fingerprint density at radius 2 is 2.33 bits per heavy atom. The fraction of sp³-hybridized carbons (Fsp3) is 0.500. The summed E-state index contributed by atoms with van der Waals surface area (Å²) < 4.78 is 22.8. The van der Waals surface area contributed by atoms with E-state index in [4.69, 9.17) is 0 Å². The Labute approximate surface area is 89.6 Å². The number of pyridine rings is 1. The van der Waals surface area contributed by atoms with Crippen molar-refractivity contribution in [3.63, 3.8) is 0 Å². The third-order valence-corrected chi connectivity index (χ3v) is 4.32. The zero-order chi connectivity index (χ0) is 10.7. The molecule has 0 aromatic carbocycles. The lowest BCUT2D eigenvalue weighted by Gasteiger charge is -2.23. The van der Waals surface area contributed by atoms with Crippen molar-refractivity contribution in [3.8, 4) is 0 Å². The zero-order valence-electron chi connectivity index (χ0n) is 8.39. The van der Waals surface area contributed by atoms with Gasteiger partial charge in [-0.25, -0.2) is 8.42 Å². The molecule has 1 N–H and O–H groups in total. The molecule has 1 aliphatic rings. The van der Waals surface area contributed by atoms with E-state index in [9.17, 15) is 8.42 Å². The molecule has 4 nitrogen and oxygen atoms in total. The normalized spacial score (nSPS) is 24.7. The second-order valence-corrected chi connectivity index (χ2v) is 6.07. The quantitative estimate of drug-likeness (QED) is 0.819. The number of sulfone groups is 1. The van der Waals surface area contributed by atoms with Crippen molar-refractivity contribution >= 4 is 15.5 Å². The fourth-order valence-corrected chi connectivity index (χ4v) is 3.46. The molecular formula is C10H14N2O2S. The molecule has 1 unspecified atom stereocenters. The zero-order valence-corrected chi connectivity index (χ0v) is 9.20. The summed E-state index contributed by atoms with van der Waals surface area (Å²) in [7, 11) is -2.83. The molecule has 1 aliphatic heterocycles. The van der Waals surface area contributed by atoms with Crippen LogP contribution in [0.4, 0.5) is 5.69 Å². The minimum absolute atomic E-state index is 0.0351. The van der Waals surface area contributed by atoms with E-state index >= 15 is 0 Å². The Bertz CT molecular complexity index is 416. The molecule has 0 amide bonds. The molecule has 1 saturated heterocycles. The van der Waals surface area contributed by atoms with Crippen LogP contribution in [0.2, 0.25) is 0 Å². The van der Waals surface area contributed by atoms with Gasteiger partial charge in [-0.3, -0.25) is 4.98 Å². The average molecular weight is 226 g/mol. The van der Waals surface area contributed by atoms with Crippen LogP contribution in [0.25, 0.3) is 0 Å². The SMILES string of the molecule is O=S1(=O)CCCC(Nc2cccnc2)C1. The van der Waals surface area contributed by atoms with Gasteiger partial charge in [-0.2, -0.15) is 0 Å². The molecule has 0 spiro atoms. The van der Waals surface area contributed by atoms with Gasteiger partial charge in [0.05, 0.1) is 17.2 Å². The molecule has 2 rings (SSSR count). The summed E-state index contributed by atoms with van der Waals surface area (Å²) in [6, 6.07) is 3.77. The van der Waals surface area contributed by atoms with Gasteiger partial charge in [-0.15, -0.1) is 0 Å². The topological polar surface area (TPSA) is 59.1 Å². The average Bonchev–Trinajstić information content (AvgIpc) is 2.17. The van der Waals surface area contributed by atoms with Crippen molar-refractivity contribution in [2.45, 2.75) is 18.9 Å². The summed E-state index contributed by atoms with van der Waals surface area (Å²) in [6.45, 7) is 0. The number of nitrogens with zero attached hydrogens (tertiary/aromatic N) is 1. The van der Waals surface area contributed by atoms with Gasteiger partial charge in [-0.05, 0) is 25.0 Å². The lowest BCUT2D eigenvalue weighted by Crippen LogP contribution is -2.34.